The van der Waals surface area contributed by atoms with Gasteiger partial charge in [0.2, 0.25) is 0 Å². The molecular weight excluding hydrogens is 292 g/mol. The molecule has 1 aliphatic carbocycles. The van der Waals surface area contributed by atoms with Crippen LogP contribution in [0.4, 0.5) is 0 Å². The van der Waals surface area contributed by atoms with E-state index in [1.807, 2.05) is 6.92 Å². The van der Waals surface area contributed by atoms with E-state index in [1.54, 1.807) is 0 Å². The van der Waals surface area contributed by atoms with Crippen LogP contribution in [0.25, 0.3) is 0 Å². The molecule has 1 heterocycles. The normalized spacial score (nSPS) is 30.5. The van der Waals surface area contributed by atoms with Crippen LogP contribution in [0.15, 0.2) is 24.3 Å². The van der Waals surface area contributed by atoms with Crippen LogP contribution in [0, 0.1) is 11.8 Å². The quantitative estimate of drug-likeness (QED) is 0.411. The van der Waals surface area contributed by atoms with Gasteiger partial charge < -0.3 is 9.16 Å². The van der Waals surface area contributed by atoms with Crippen LogP contribution in [0.3, 0.4) is 0 Å². The van der Waals surface area contributed by atoms with Crippen molar-refractivity contribution in [3.05, 3.63) is 24.3 Å². The van der Waals surface area contributed by atoms with E-state index in [2.05, 4.69) is 32.8 Å². The van der Waals surface area contributed by atoms with E-state index < -0.39 is 8.32 Å². The summed E-state index contributed by atoms with van der Waals surface area (Å²) in [7, 11) is -1.69. The highest BCUT2D eigenvalue weighted by atomic mass is 28.4. The Kier molecular flexibility index (Phi) is 5.33. The lowest BCUT2D eigenvalue weighted by atomic mass is 9.82. The first kappa shape index (κ1) is 17.5. The molecule has 0 unspecified atom stereocenters. The molecular formula is C18H30O3Si. The molecule has 0 aromatic heterocycles. The van der Waals surface area contributed by atoms with Gasteiger partial charge in [0, 0.05) is 11.8 Å². The SMILES string of the molecule is C=C(C)C[C@@H](O[Si](C)(C)C)[C@@H]1CC(=O)O[C@H]1[C@@H]1CCCC1=C. The molecule has 22 heavy (non-hydrogen) atoms. The molecule has 0 bridgehead atoms. The maximum absolute atomic E-state index is 12.0. The third-order valence-electron chi connectivity index (χ3n) is 4.56. The summed E-state index contributed by atoms with van der Waals surface area (Å²) in [5.41, 5.74) is 2.35. The van der Waals surface area contributed by atoms with Gasteiger partial charge in [-0.05, 0) is 52.2 Å². The zero-order chi connectivity index (χ0) is 16.5. The van der Waals surface area contributed by atoms with Gasteiger partial charge in [0.1, 0.15) is 6.10 Å². The molecule has 124 valence electrons. The fraction of sp³-hybridized carbons (Fsp3) is 0.722. The average Bonchev–Trinajstić information content (AvgIpc) is 2.91. The summed E-state index contributed by atoms with van der Waals surface area (Å²) in [5.74, 6) is 0.366. The van der Waals surface area contributed by atoms with E-state index in [1.165, 1.54) is 5.57 Å². The van der Waals surface area contributed by atoms with E-state index in [9.17, 15) is 4.79 Å². The molecule has 2 fully saturated rings. The number of hydrogen-bond donors (Lipinski definition) is 0. The zero-order valence-electron chi connectivity index (χ0n) is 14.5. The van der Waals surface area contributed by atoms with Crippen molar-refractivity contribution in [3.63, 3.8) is 0 Å². The smallest absolute Gasteiger partial charge is 0.306 e. The first-order valence-electron chi connectivity index (χ1n) is 8.36. The van der Waals surface area contributed by atoms with Crippen molar-refractivity contribution in [1.29, 1.82) is 0 Å². The van der Waals surface area contributed by atoms with Crippen molar-refractivity contribution in [2.24, 2.45) is 11.8 Å². The highest BCUT2D eigenvalue weighted by Crippen LogP contribution is 2.43. The van der Waals surface area contributed by atoms with Gasteiger partial charge in [0.15, 0.2) is 8.32 Å². The van der Waals surface area contributed by atoms with E-state index >= 15 is 0 Å². The first-order chi connectivity index (χ1) is 10.2. The van der Waals surface area contributed by atoms with Crippen molar-refractivity contribution in [2.75, 3.05) is 0 Å². The molecule has 2 rings (SSSR count). The van der Waals surface area contributed by atoms with Gasteiger partial charge in [-0.25, -0.2) is 0 Å². The molecule has 0 radical (unpaired) electrons. The van der Waals surface area contributed by atoms with Crippen LogP contribution >= 0.6 is 0 Å². The lowest BCUT2D eigenvalue weighted by Crippen LogP contribution is -2.41. The van der Waals surface area contributed by atoms with Crippen LogP contribution in [0.2, 0.25) is 19.6 Å². The van der Waals surface area contributed by atoms with Gasteiger partial charge in [0.05, 0.1) is 12.5 Å². The monoisotopic (exact) mass is 322 g/mol. The summed E-state index contributed by atoms with van der Waals surface area (Å²) in [5, 5.41) is 0. The molecule has 0 spiro atoms. The van der Waals surface area contributed by atoms with E-state index in [-0.39, 0.29) is 24.1 Å². The number of carbonyl (C=O) groups is 1. The number of ether oxygens (including phenoxy) is 1. The van der Waals surface area contributed by atoms with Gasteiger partial charge in [0.25, 0.3) is 0 Å². The van der Waals surface area contributed by atoms with E-state index in [4.69, 9.17) is 9.16 Å². The van der Waals surface area contributed by atoms with Crippen molar-refractivity contribution in [3.8, 4) is 0 Å². The van der Waals surface area contributed by atoms with Crippen molar-refractivity contribution < 1.29 is 14.0 Å². The maximum Gasteiger partial charge on any atom is 0.306 e. The molecule has 3 nitrogen and oxygen atoms in total. The van der Waals surface area contributed by atoms with Crippen LogP contribution in [0.5, 0.6) is 0 Å². The summed E-state index contributed by atoms with van der Waals surface area (Å²) in [6, 6.07) is 0. The Morgan fingerprint density at radius 1 is 1.45 bits per heavy atom. The molecule has 1 saturated heterocycles. The Hall–Kier alpha value is -0.873. The van der Waals surface area contributed by atoms with Gasteiger partial charge in [-0.2, -0.15) is 0 Å². The summed E-state index contributed by atoms with van der Waals surface area (Å²) in [6.45, 7) is 16.9. The second-order valence-electron chi connectivity index (χ2n) is 7.91. The van der Waals surface area contributed by atoms with Gasteiger partial charge >= 0.3 is 5.97 Å². The molecule has 0 aromatic carbocycles. The highest BCUT2D eigenvalue weighted by Gasteiger charge is 2.46. The lowest BCUT2D eigenvalue weighted by molar-refractivity contribution is -0.143. The Morgan fingerprint density at radius 2 is 2.14 bits per heavy atom. The van der Waals surface area contributed by atoms with Crippen molar-refractivity contribution in [2.45, 2.75) is 70.9 Å². The number of rotatable bonds is 6. The second kappa shape index (κ2) is 6.71. The fourth-order valence-electron chi connectivity index (χ4n) is 3.73. The summed E-state index contributed by atoms with van der Waals surface area (Å²) >= 11 is 0. The van der Waals surface area contributed by atoms with Crippen LogP contribution in [0.1, 0.15) is 39.0 Å². The van der Waals surface area contributed by atoms with Gasteiger partial charge in [-0.3, -0.25) is 4.79 Å². The largest absolute Gasteiger partial charge is 0.461 e. The predicted octanol–water partition coefficient (Wildman–Crippen LogP) is 4.46. The number of cyclic esters (lactones) is 1. The van der Waals surface area contributed by atoms with Crippen LogP contribution in [-0.4, -0.2) is 26.5 Å². The topological polar surface area (TPSA) is 35.5 Å². The Morgan fingerprint density at radius 3 is 2.64 bits per heavy atom. The van der Waals surface area contributed by atoms with Gasteiger partial charge in [-0.15, -0.1) is 6.58 Å². The Bertz CT molecular complexity index is 463. The molecule has 2 aliphatic rings. The molecule has 0 amide bonds. The summed E-state index contributed by atoms with van der Waals surface area (Å²) in [6.07, 6.45) is 4.56. The van der Waals surface area contributed by atoms with E-state index in [0.29, 0.717) is 12.3 Å². The summed E-state index contributed by atoms with van der Waals surface area (Å²) < 4.78 is 12.1. The minimum Gasteiger partial charge on any atom is -0.461 e. The minimum absolute atomic E-state index is 0.0361. The zero-order valence-corrected chi connectivity index (χ0v) is 15.5. The first-order valence-corrected chi connectivity index (χ1v) is 11.8. The third-order valence-corrected chi connectivity index (χ3v) is 5.57. The minimum atomic E-state index is -1.69. The molecule has 4 atom stereocenters. The Balaban J connectivity index is 2.20. The van der Waals surface area contributed by atoms with Crippen LogP contribution < -0.4 is 0 Å². The standard InChI is InChI=1S/C18H30O3Si/c1-12(2)10-16(21-22(4,5)6)15-11-17(19)20-18(15)14-9-7-8-13(14)3/h14-16,18H,1,3,7-11H2,2,4-6H3/t14-,15+,16-,18+/m1/s1. The molecule has 1 aliphatic heterocycles. The molecule has 0 N–H and O–H groups in total. The number of hydrogen-bond acceptors (Lipinski definition) is 3. The van der Waals surface area contributed by atoms with Crippen molar-refractivity contribution in [1.82, 2.24) is 0 Å². The van der Waals surface area contributed by atoms with Crippen molar-refractivity contribution >= 4 is 14.3 Å². The highest BCUT2D eigenvalue weighted by molar-refractivity contribution is 6.69. The number of carbonyl (C=O) groups excluding carboxylic acids is 1. The van der Waals surface area contributed by atoms with E-state index in [0.717, 1.165) is 31.3 Å². The molecule has 1 saturated carbocycles. The number of esters is 1. The predicted molar refractivity (Wildman–Crippen MR) is 92.1 cm³/mol. The maximum atomic E-state index is 12.0. The van der Waals surface area contributed by atoms with Gasteiger partial charge in [-0.1, -0.05) is 17.7 Å². The lowest BCUT2D eigenvalue weighted by Gasteiger charge is -2.34. The molecule has 0 aromatic rings. The summed E-state index contributed by atoms with van der Waals surface area (Å²) in [4.78, 5) is 12.0. The van der Waals surface area contributed by atoms with Crippen LogP contribution in [-0.2, 0) is 14.0 Å². The molecule has 4 heteroatoms. The third kappa shape index (κ3) is 4.32. The average molecular weight is 323 g/mol. The second-order valence-corrected chi connectivity index (χ2v) is 12.4. The Labute approximate surface area is 135 Å². The fourth-order valence-corrected chi connectivity index (χ4v) is 4.90.